The van der Waals surface area contributed by atoms with Gasteiger partial charge in [-0.15, -0.1) is 0 Å². The number of nitrogens with zero attached hydrogens (tertiary/aromatic N) is 1. The number of anilines is 1. The van der Waals surface area contributed by atoms with Gasteiger partial charge in [0.2, 0.25) is 0 Å². The van der Waals surface area contributed by atoms with Gasteiger partial charge in [0.1, 0.15) is 0 Å². The Kier molecular flexibility index (Phi) is 4.70. The van der Waals surface area contributed by atoms with Crippen LogP contribution in [0.2, 0.25) is 0 Å². The quantitative estimate of drug-likeness (QED) is 0.555. The summed E-state index contributed by atoms with van der Waals surface area (Å²) in [6.07, 6.45) is 5.09. The van der Waals surface area contributed by atoms with E-state index in [2.05, 4.69) is 15.7 Å². The fourth-order valence-corrected chi connectivity index (χ4v) is 2.33. The molecule has 0 saturated carbocycles. The van der Waals surface area contributed by atoms with Crippen molar-refractivity contribution < 1.29 is 9.53 Å². The van der Waals surface area contributed by atoms with Crippen LogP contribution in [0.1, 0.15) is 30.1 Å². The van der Waals surface area contributed by atoms with Crippen LogP contribution in [-0.2, 0) is 4.74 Å². The van der Waals surface area contributed by atoms with E-state index >= 15 is 0 Å². The molecule has 0 aliphatic carbocycles. The summed E-state index contributed by atoms with van der Waals surface area (Å²) in [6.45, 7) is 3.58. The summed E-state index contributed by atoms with van der Waals surface area (Å²) >= 11 is 0. The minimum Gasteiger partial charge on any atom is -0.381 e. The average molecular weight is 264 g/mol. The van der Waals surface area contributed by atoms with E-state index < -0.39 is 0 Å². The van der Waals surface area contributed by atoms with Gasteiger partial charge in [-0.05, 0) is 31.7 Å². The molecule has 1 amide bonds. The summed E-state index contributed by atoms with van der Waals surface area (Å²) < 4.78 is 5.33. The van der Waals surface area contributed by atoms with Crippen molar-refractivity contribution >= 4 is 11.6 Å². The molecule has 1 fully saturated rings. The van der Waals surface area contributed by atoms with Crippen molar-refractivity contribution in [3.63, 3.8) is 0 Å². The zero-order valence-corrected chi connectivity index (χ0v) is 11.1. The molecule has 19 heavy (non-hydrogen) atoms. The number of carbonyl (C=O) groups is 1. The van der Waals surface area contributed by atoms with Gasteiger partial charge in [-0.1, -0.05) is 0 Å². The molecule has 2 rings (SSSR count). The number of hydrogen-bond acceptors (Lipinski definition) is 5. The smallest absolute Gasteiger partial charge is 0.253 e. The molecule has 0 radical (unpaired) electrons. The van der Waals surface area contributed by atoms with Gasteiger partial charge in [0.05, 0.1) is 17.4 Å². The third-order valence-corrected chi connectivity index (χ3v) is 3.55. The summed E-state index contributed by atoms with van der Waals surface area (Å²) in [6, 6.07) is 1.77. The van der Waals surface area contributed by atoms with Crippen molar-refractivity contribution in [2.24, 2.45) is 11.8 Å². The van der Waals surface area contributed by atoms with Crippen molar-refractivity contribution in [2.45, 2.75) is 25.8 Å². The molecule has 6 nitrogen and oxygen atoms in total. The fraction of sp³-hybridized carbons (Fsp3) is 0.538. The van der Waals surface area contributed by atoms with Gasteiger partial charge < -0.3 is 15.5 Å². The largest absolute Gasteiger partial charge is 0.381 e. The maximum absolute atomic E-state index is 12.2. The van der Waals surface area contributed by atoms with Crippen LogP contribution < -0.4 is 16.6 Å². The molecule has 1 atom stereocenters. The van der Waals surface area contributed by atoms with Crippen molar-refractivity contribution in [1.82, 2.24) is 10.3 Å². The highest BCUT2D eigenvalue weighted by atomic mass is 16.5. The van der Waals surface area contributed by atoms with E-state index in [4.69, 9.17) is 10.6 Å². The van der Waals surface area contributed by atoms with Gasteiger partial charge in [-0.3, -0.25) is 15.6 Å². The third-order valence-electron chi connectivity index (χ3n) is 3.55. The standard InChI is InChI=1S/C13H20N4O2/c1-9(10-3-6-19-7-4-10)16-13(18)11-2-5-15-8-12(11)17-14/h2,5,8-10,17H,3-4,6-7,14H2,1H3,(H,16,18). The molecular weight excluding hydrogens is 244 g/mol. The van der Waals surface area contributed by atoms with Crippen LogP contribution in [0.15, 0.2) is 18.5 Å². The van der Waals surface area contributed by atoms with E-state index in [0.29, 0.717) is 17.2 Å². The molecule has 1 aromatic heterocycles. The number of rotatable bonds is 4. The monoisotopic (exact) mass is 264 g/mol. The maximum Gasteiger partial charge on any atom is 0.253 e. The van der Waals surface area contributed by atoms with E-state index in [-0.39, 0.29) is 11.9 Å². The zero-order valence-electron chi connectivity index (χ0n) is 11.1. The molecule has 6 heteroatoms. The van der Waals surface area contributed by atoms with E-state index in [1.165, 1.54) is 6.20 Å². The van der Waals surface area contributed by atoms with E-state index in [1.807, 2.05) is 6.92 Å². The van der Waals surface area contributed by atoms with Gasteiger partial charge in [-0.25, -0.2) is 0 Å². The Balaban J connectivity index is 1.99. The molecule has 2 heterocycles. The molecule has 104 valence electrons. The van der Waals surface area contributed by atoms with Crippen LogP contribution in [0.25, 0.3) is 0 Å². The lowest BCUT2D eigenvalue weighted by Gasteiger charge is -2.28. The highest BCUT2D eigenvalue weighted by Crippen LogP contribution is 2.19. The van der Waals surface area contributed by atoms with Crippen LogP contribution in [0.5, 0.6) is 0 Å². The Morgan fingerprint density at radius 2 is 2.26 bits per heavy atom. The second kappa shape index (κ2) is 6.49. The zero-order chi connectivity index (χ0) is 13.7. The van der Waals surface area contributed by atoms with Crippen molar-refractivity contribution in [1.29, 1.82) is 0 Å². The Morgan fingerprint density at radius 1 is 1.53 bits per heavy atom. The number of nitrogen functional groups attached to an aromatic ring is 1. The normalized spacial score (nSPS) is 17.8. The number of hydrogen-bond donors (Lipinski definition) is 3. The summed E-state index contributed by atoms with van der Waals surface area (Å²) in [7, 11) is 0. The molecule has 1 aromatic rings. The molecule has 1 unspecified atom stereocenters. The van der Waals surface area contributed by atoms with Crippen LogP contribution in [0.4, 0.5) is 5.69 Å². The Hall–Kier alpha value is -1.66. The number of nitrogens with one attached hydrogen (secondary N) is 2. The first-order valence-electron chi connectivity index (χ1n) is 6.51. The van der Waals surface area contributed by atoms with Gasteiger partial charge in [-0.2, -0.15) is 0 Å². The summed E-state index contributed by atoms with van der Waals surface area (Å²) in [4.78, 5) is 16.1. The highest BCUT2D eigenvalue weighted by molar-refractivity contribution is 5.99. The number of nitrogens with two attached hydrogens (primary N) is 1. The van der Waals surface area contributed by atoms with Crippen molar-refractivity contribution in [3.05, 3.63) is 24.0 Å². The summed E-state index contributed by atoms with van der Waals surface area (Å²) in [5, 5.41) is 3.02. The first kappa shape index (κ1) is 13.8. The maximum atomic E-state index is 12.2. The molecule has 1 aliphatic heterocycles. The number of hydrazine groups is 1. The van der Waals surface area contributed by atoms with Gasteiger partial charge in [0.25, 0.3) is 5.91 Å². The van der Waals surface area contributed by atoms with E-state index in [9.17, 15) is 4.79 Å². The summed E-state index contributed by atoms with van der Waals surface area (Å²) in [5.74, 6) is 5.71. The molecule has 1 aliphatic rings. The van der Waals surface area contributed by atoms with Crippen LogP contribution >= 0.6 is 0 Å². The molecule has 0 bridgehead atoms. The Morgan fingerprint density at radius 3 is 2.95 bits per heavy atom. The summed E-state index contributed by atoms with van der Waals surface area (Å²) in [5.41, 5.74) is 3.52. The lowest BCUT2D eigenvalue weighted by molar-refractivity contribution is 0.0538. The first-order chi connectivity index (χ1) is 9.22. The van der Waals surface area contributed by atoms with E-state index in [1.54, 1.807) is 12.3 Å². The van der Waals surface area contributed by atoms with Gasteiger partial charge in [0.15, 0.2) is 0 Å². The molecular formula is C13H20N4O2. The average Bonchev–Trinajstić information content (AvgIpc) is 2.48. The molecule has 0 aromatic carbocycles. The Labute approximate surface area is 112 Å². The van der Waals surface area contributed by atoms with Crippen LogP contribution in [0.3, 0.4) is 0 Å². The fourth-order valence-electron chi connectivity index (χ4n) is 2.33. The third kappa shape index (κ3) is 3.42. The molecule has 4 N–H and O–H groups in total. The minimum absolute atomic E-state index is 0.121. The number of amides is 1. The van der Waals surface area contributed by atoms with E-state index in [0.717, 1.165) is 26.1 Å². The molecule has 1 saturated heterocycles. The van der Waals surface area contributed by atoms with Gasteiger partial charge in [0, 0.05) is 25.5 Å². The first-order valence-corrected chi connectivity index (χ1v) is 6.51. The molecule has 0 spiro atoms. The topological polar surface area (TPSA) is 89.3 Å². The van der Waals surface area contributed by atoms with Crippen molar-refractivity contribution in [2.75, 3.05) is 18.6 Å². The van der Waals surface area contributed by atoms with Crippen LogP contribution in [-0.4, -0.2) is 30.1 Å². The number of pyridine rings is 1. The predicted octanol–water partition coefficient (Wildman–Crippen LogP) is 0.912. The lowest BCUT2D eigenvalue weighted by Crippen LogP contribution is -2.40. The van der Waals surface area contributed by atoms with Crippen LogP contribution in [0, 0.1) is 5.92 Å². The second-order valence-electron chi connectivity index (χ2n) is 4.78. The second-order valence-corrected chi connectivity index (χ2v) is 4.78. The lowest BCUT2D eigenvalue weighted by atomic mass is 9.93. The Bertz CT molecular complexity index is 432. The number of ether oxygens (including phenoxy) is 1. The highest BCUT2D eigenvalue weighted by Gasteiger charge is 2.23. The minimum atomic E-state index is -0.130. The SMILES string of the molecule is CC(NC(=O)c1ccncc1NN)C1CCOCC1. The predicted molar refractivity (Wildman–Crippen MR) is 72.5 cm³/mol. The number of carbonyl (C=O) groups excluding carboxylic acids is 1. The number of aromatic nitrogens is 1. The van der Waals surface area contributed by atoms with Gasteiger partial charge >= 0.3 is 0 Å². The van der Waals surface area contributed by atoms with Crippen molar-refractivity contribution in [3.8, 4) is 0 Å².